The molecule has 0 radical (unpaired) electrons. The van der Waals surface area contributed by atoms with Gasteiger partial charge in [0.15, 0.2) is 0 Å². The second kappa shape index (κ2) is 6.55. The molecule has 0 aromatic heterocycles. The average molecular weight is 252 g/mol. The lowest BCUT2D eigenvalue weighted by molar-refractivity contribution is -0.115. The van der Waals surface area contributed by atoms with E-state index in [4.69, 9.17) is 5.73 Å². The Bertz CT molecular complexity index is 362. The Morgan fingerprint density at radius 1 is 1.29 bits per heavy atom. The third-order valence-electron chi connectivity index (χ3n) is 2.23. The molecule has 1 unspecified atom stereocenters. The summed E-state index contributed by atoms with van der Waals surface area (Å²) in [5, 5.41) is 2.84. The fourth-order valence-corrected chi connectivity index (χ4v) is 2.11. The van der Waals surface area contributed by atoms with Gasteiger partial charge in [-0.1, -0.05) is 13.8 Å². The maximum Gasteiger partial charge on any atom is 0.237 e. The summed E-state index contributed by atoms with van der Waals surface area (Å²) in [4.78, 5) is 11.8. The Balaban J connectivity index is 2.45. The van der Waals surface area contributed by atoms with Crippen LogP contribution >= 0.6 is 11.8 Å². The summed E-state index contributed by atoms with van der Waals surface area (Å²) in [5.74, 6) is 1.64. The summed E-state index contributed by atoms with van der Waals surface area (Å²) in [6, 6.07) is 7.18. The van der Waals surface area contributed by atoms with Gasteiger partial charge in [-0.2, -0.15) is 0 Å². The van der Waals surface area contributed by atoms with Gasteiger partial charge in [-0.05, 0) is 42.9 Å². The van der Waals surface area contributed by atoms with Crippen molar-refractivity contribution in [3.05, 3.63) is 24.3 Å². The molecule has 0 spiro atoms. The van der Waals surface area contributed by atoms with Crippen LogP contribution in [0.15, 0.2) is 24.3 Å². The molecular formula is C13H20N2OS. The van der Waals surface area contributed by atoms with E-state index in [1.165, 1.54) is 0 Å². The molecule has 1 atom stereocenters. The minimum atomic E-state index is -0.0325. The molecule has 0 saturated carbocycles. The molecule has 0 bridgehead atoms. The van der Waals surface area contributed by atoms with Crippen LogP contribution < -0.4 is 11.1 Å². The number of thioether (sulfide) groups is 1. The average Bonchev–Trinajstić information content (AvgIpc) is 2.28. The highest BCUT2D eigenvalue weighted by atomic mass is 32.2. The fraction of sp³-hybridized carbons (Fsp3) is 0.462. The molecule has 1 rings (SSSR count). The molecule has 3 nitrogen and oxygen atoms in total. The zero-order valence-electron chi connectivity index (χ0n) is 10.6. The van der Waals surface area contributed by atoms with E-state index in [1.54, 1.807) is 23.9 Å². The van der Waals surface area contributed by atoms with Gasteiger partial charge < -0.3 is 11.1 Å². The number of amides is 1. The van der Waals surface area contributed by atoms with E-state index in [-0.39, 0.29) is 11.2 Å². The van der Waals surface area contributed by atoms with Gasteiger partial charge in [0, 0.05) is 11.4 Å². The number of rotatable bonds is 5. The first-order valence-corrected chi connectivity index (χ1v) is 6.82. The van der Waals surface area contributed by atoms with Gasteiger partial charge in [0.1, 0.15) is 0 Å². The van der Waals surface area contributed by atoms with Crippen LogP contribution in [0, 0.1) is 5.92 Å². The lowest BCUT2D eigenvalue weighted by Crippen LogP contribution is -2.23. The standard InChI is InChI=1S/C13H20N2OS/c1-9(2)8-17-10(3)13(16)15-12-6-4-11(14)5-7-12/h4-7,9-10H,8,14H2,1-3H3,(H,15,16). The van der Waals surface area contributed by atoms with Crippen molar-refractivity contribution < 1.29 is 4.79 Å². The summed E-state index contributed by atoms with van der Waals surface area (Å²) >= 11 is 1.68. The minimum Gasteiger partial charge on any atom is -0.399 e. The topological polar surface area (TPSA) is 55.1 Å². The quantitative estimate of drug-likeness (QED) is 0.792. The Kier molecular flexibility index (Phi) is 5.35. The molecule has 1 aromatic rings. The highest BCUT2D eigenvalue weighted by molar-refractivity contribution is 8.00. The van der Waals surface area contributed by atoms with Crippen LogP contribution in [0.1, 0.15) is 20.8 Å². The SMILES string of the molecule is CC(C)CSC(C)C(=O)Nc1ccc(N)cc1. The molecule has 0 fully saturated rings. The maximum atomic E-state index is 11.8. The van der Waals surface area contributed by atoms with Gasteiger partial charge in [-0.15, -0.1) is 11.8 Å². The van der Waals surface area contributed by atoms with Crippen molar-refractivity contribution in [3.63, 3.8) is 0 Å². The molecule has 0 saturated heterocycles. The van der Waals surface area contributed by atoms with Gasteiger partial charge in [0.25, 0.3) is 0 Å². The van der Waals surface area contributed by atoms with Crippen LogP contribution in [0.2, 0.25) is 0 Å². The number of hydrogen-bond donors (Lipinski definition) is 2. The predicted octanol–water partition coefficient (Wildman–Crippen LogP) is 2.99. The zero-order chi connectivity index (χ0) is 12.8. The van der Waals surface area contributed by atoms with Crippen LogP contribution in [0.3, 0.4) is 0 Å². The second-order valence-electron chi connectivity index (χ2n) is 4.48. The Labute approximate surface area is 107 Å². The third kappa shape index (κ3) is 5.13. The normalized spacial score (nSPS) is 12.5. The number of nitrogens with one attached hydrogen (secondary N) is 1. The number of nitrogens with two attached hydrogens (primary N) is 1. The fourth-order valence-electron chi connectivity index (χ4n) is 1.22. The smallest absolute Gasteiger partial charge is 0.237 e. The number of carbonyl (C=O) groups is 1. The minimum absolute atomic E-state index is 0.0325. The van der Waals surface area contributed by atoms with E-state index in [0.29, 0.717) is 11.6 Å². The summed E-state index contributed by atoms with van der Waals surface area (Å²) in [5.41, 5.74) is 7.07. The molecule has 0 aliphatic rings. The molecule has 17 heavy (non-hydrogen) atoms. The molecule has 0 heterocycles. The first-order valence-electron chi connectivity index (χ1n) is 5.77. The van der Waals surface area contributed by atoms with E-state index in [9.17, 15) is 4.79 Å². The largest absolute Gasteiger partial charge is 0.399 e. The highest BCUT2D eigenvalue weighted by Gasteiger charge is 2.13. The van der Waals surface area contributed by atoms with Crippen molar-refractivity contribution in [2.75, 3.05) is 16.8 Å². The molecule has 3 N–H and O–H groups in total. The van der Waals surface area contributed by atoms with Crippen LogP contribution in [0.4, 0.5) is 11.4 Å². The van der Waals surface area contributed by atoms with E-state index >= 15 is 0 Å². The van der Waals surface area contributed by atoms with Crippen molar-refractivity contribution in [3.8, 4) is 0 Å². The van der Waals surface area contributed by atoms with E-state index < -0.39 is 0 Å². The van der Waals surface area contributed by atoms with Gasteiger partial charge in [0.2, 0.25) is 5.91 Å². The summed E-state index contributed by atoms with van der Waals surface area (Å²) in [7, 11) is 0. The Morgan fingerprint density at radius 3 is 2.41 bits per heavy atom. The molecule has 0 aliphatic carbocycles. The monoisotopic (exact) mass is 252 g/mol. The van der Waals surface area contributed by atoms with Gasteiger partial charge in [-0.3, -0.25) is 4.79 Å². The van der Waals surface area contributed by atoms with Gasteiger partial charge in [-0.25, -0.2) is 0 Å². The highest BCUT2D eigenvalue weighted by Crippen LogP contribution is 2.17. The Hall–Kier alpha value is -1.16. The van der Waals surface area contributed by atoms with Crippen LogP contribution in [-0.4, -0.2) is 16.9 Å². The van der Waals surface area contributed by atoms with Crippen molar-refractivity contribution in [1.82, 2.24) is 0 Å². The summed E-state index contributed by atoms with van der Waals surface area (Å²) < 4.78 is 0. The first-order chi connectivity index (χ1) is 7.99. The lowest BCUT2D eigenvalue weighted by atomic mass is 10.3. The molecule has 0 aliphatic heterocycles. The number of anilines is 2. The third-order valence-corrected chi connectivity index (χ3v) is 3.80. The number of carbonyl (C=O) groups excluding carboxylic acids is 1. The number of hydrogen-bond acceptors (Lipinski definition) is 3. The van der Waals surface area contributed by atoms with Crippen molar-refractivity contribution >= 4 is 29.0 Å². The van der Waals surface area contributed by atoms with Gasteiger partial charge in [0.05, 0.1) is 5.25 Å². The van der Waals surface area contributed by atoms with Crippen molar-refractivity contribution in [2.45, 2.75) is 26.0 Å². The Morgan fingerprint density at radius 2 is 1.88 bits per heavy atom. The second-order valence-corrected chi connectivity index (χ2v) is 5.85. The predicted molar refractivity (Wildman–Crippen MR) is 76.2 cm³/mol. The molecule has 94 valence electrons. The van der Waals surface area contributed by atoms with E-state index in [1.807, 2.05) is 19.1 Å². The van der Waals surface area contributed by atoms with Crippen LogP contribution in [-0.2, 0) is 4.79 Å². The van der Waals surface area contributed by atoms with Crippen LogP contribution in [0.25, 0.3) is 0 Å². The molecule has 1 aromatic carbocycles. The molecule has 4 heteroatoms. The van der Waals surface area contributed by atoms with Crippen molar-refractivity contribution in [2.24, 2.45) is 5.92 Å². The summed E-state index contributed by atoms with van der Waals surface area (Å²) in [6.07, 6.45) is 0. The summed E-state index contributed by atoms with van der Waals surface area (Å²) in [6.45, 7) is 6.23. The van der Waals surface area contributed by atoms with Crippen molar-refractivity contribution in [1.29, 1.82) is 0 Å². The zero-order valence-corrected chi connectivity index (χ0v) is 11.4. The number of nitrogen functional groups attached to an aromatic ring is 1. The van der Waals surface area contributed by atoms with Gasteiger partial charge >= 0.3 is 0 Å². The first kappa shape index (κ1) is 13.9. The molecule has 1 amide bonds. The molecular weight excluding hydrogens is 232 g/mol. The lowest BCUT2D eigenvalue weighted by Gasteiger charge is -2.13. The van der Waals surface area contributed by atoms with E-state index in [2.05, 4.69) is 19.2 Å². The van der Waals surface area contributed by atoms with Crippen LogP contribution in [0.5, 0.6) is 0 Å². The van der Waals surface area contributed by atoms with E-state index in [0.717, 1.165) is 11.4 Å². The number of benzene rings is 1. The maximum absolute atomic E-state index is 11.8.